The Morgan fingerprint density at radius 3 is 2.66 bits per heavy atom. The van der Waals surface area contributed by atoms with Crippen LogP contribution in [0.15, 0.2) is 24.4 Å². The van der Waals surface area contributed by atoms with Crippen molar-refractivity contribution >= 4 is 23.5 Å². The second-order valence-corrected chi connectivity index (χ2v) is 7.45. The Labute approximate surface area is 169 Å². The molecule has 4 rings (SSSR count). The monoisotopic (exact) mass is 394 g/mol. The molecule has 0 unspecified atom stereocenters. The zero-order chi connectivity index (χ0) is 20.4. The number of anilines is 2. The molecular weight excluding hydrogens is 368 g/mol. The van der Waals surface area contributed by atoms with Crippen LogP contribution in [-0.4, -0.2) is 57.4 Å². The van der Waals surface area contributed by atoms with E-state index in [0.29, 0.717) is 29.1 Å². The number of hydrogen-bond acceptors (Lipinski definition) is 7. The number of fused-ring (bicyclic) bond motifs is 1. The summed E-state index contributed by atoms with van der Waals surface area (Å²) < 4.78 is 1.79. The number of pyridine rings is 1. The lowest BCUT2D eigenvalue weighted by atomic mass is 10.1. The van der Waals surface area contributed by atoms with Crippen molar-refractivity contribution in [2.24, 2.45) is 0 Å². The third-order valence-corrected chi connectivity index (χ3v) is 5.02. The first-order chi connectivity index (χ1) is 14.0. The summed E-state index contributed by atoms with van der Waals surface area (Å²) in [5, 5.41) is 2.94. The van der Waals surface area contributed by atoms with Gasteiger partial charge in [0.05, 0.1) is 12.2 Å². The number of aryl methyl sites for hydroxylation is 1. The van der Waals surface area contributed by atoms with Gasteiger partial charge in [-0.1, -0.05) is 6.07 Å². The molecule has 1 aliphatic rings. The summed E-state index contributed by atoms with van der Waals surface area (Å²) >= 11 is 0. The summed E-state index contributed by atoms with van der Waals surface area (Å²) in [6.45, 7) is 3.96. The third kappa shape index (κ3) is 3.98. The lowest BCUT2D eigenvalue weighted by molar-refractivity contribution is 0.0943. The normalized spacial score (nSPS) is 14.2. The summed E-state index contributed by atoms with van der Waals surface area (Å²) in [6, 6.07) is 5.66. The van der Waals surface area contributed by atoms with E-state index >= 15 is 0 Å². The lowest BCUT2D eigenvalue weighted by Gasteiger charge is -2.27. The summed E-state index contributed by atoms with van der Waals surface area (Å²) in [4.78, 5) is 35.1. The molecule has 1 N–H and O–H groups in total. The van der Waals surface area contributed by atoms with Gasteiger partial charge in [-0.15, -0.1) is 0 Å². The zero-order valence-corrected chi connectivity index (χ0v) is 17.1. The van der Waals surface area contributed by atoms with Crippen LogP contribution in [0.5, 0.6) is 0 Å². The van der Waals surface area contributed by atoms with Crippen LogP contribution < -0.4 is 15.1 Å². The molecule has 0 spiro atoms. The van der Waals surface area contributed by atoms with Gasteiger partial charge in [0.1, 0.15) is 11.3 Å². The quantitative estimate of drug-likeness (QED) is 0.706. The fourth-order valence-electron chi connectivity index (χ4n) is 3.54. The van der Waals surface area contributed by atoms with Gasteiger partial charge < -0.3 is 15.1 Å². The molecular formula is C20H26N8O. The van der Waals surface area contributed by atoms with Gasteiger partial charge in [0.15, 0.2) is 5.82 Å². The average molecular weight is 394 g/mol. The van der Waals surface area contributed by atoms with Crippen molar-refractivity contribution in [3.63, 3.8) is 0 Å². The number of nitrogens with one attached hydrogen (secondary N) is 1. The van der Waals surface area contributed by atoms with E-state index in [2.05, 4.69) is 30.2 Å². The summed E-state index contributed by atoms with van der Waals surface area (Å²) in [7, 11) is 3.80. The molecule has 0 radical (unpaired) electrons. The summed E-state index contributed by atoms with van der Waals surface area (Å²) in [5.41, 5.74) is 1.96. The molecule has 9 heteroatoms. The molecule has 152 valence electrons. The summed E-state index contributed by atoms with van der Waals surface area (Å²) in [6.07, 6.45) is 5.36. The predicted molar refractivity (Wildman–Crippen MR) is 111 cm³/mol. The highest BCUT2D eigenvalue weighted by atomic mass is 16.2. The fraction of sp³-hybridized carbons (Fsp3) is 0.450. The molecule has 9 nitrogen and oxygen atoms in total. The topological polar surface area (TPSA) is 91.6 Å². The fourth-order valence-corrected chi connectivity index (χ4v) is 3.54. The van der Waals surface area contributed by atoms with Gasteiger partial charge in [0.25, 0.3) is 5.91 Å². The number of hydrogen-bond donors (Lipinski definition) is 1. The van der Waals surface area contributed by atoms with Crippen LogP contribution in [0.1, 0.15) is 41.3 Å². The van der Waals surface area contributed by atoms with Gasteiger partial charge in [-0.25, -0.2) is 4.98 Å². The molecule has 1 fully saturated rings. The molecule has 4 heterocycles. The highest BCUT2D eigenvalue weighted by Crippen LogP contribution is 2.18. The standard InChI is InChI=1S/C20H26N8O/c1-14-17(28-12-8-5-9-16(28)22-14)18(29)21-13-15-23-19(26(2)3)25-20(24-15)27-10-6-4-7-11-27/h5,8-9,12H,4,6-7,10-11,13H2,1-3H3,(H,21,29). The Hall–Kier alpha value is -3.23. The lowest BCUT2D eigenvalue weighted by Crippen LogP contribution is -2.33. The number of piperidine rings is 1. The van der Waals surface area contributed by atoms with Gasteiger partial charge >= 0.3 is 0 Å². The van der Waals surface area contributed by atoms with Crippen LogP contribution in [0.3, 0.4) is 0 Å². The first-order valence-corrected chi connectivity index (χ1v) is 9.92. The van der Waals surface area contributed by atoms with Gasteiger partial charge in [0.2, 0.25) is 11.9 Å². The minimum absolute atomic E-state index is 0.201. The Morgan fingerprint density at radius 2 is 1.90 bits per heavy atom. The number of rotatable bonds is 5. The van der Waals surface area contributed by atoms with E-state index < -0.39 is 0 Å². The number of nitrogens with zero attached hydrogens (tertiary/aromatic N) is 7. The number of carbonyl (C=O) groups excluding carboxylic acids is 1. The number of amides is 1. The van der Waals surface area contributed by atoms with Crippen LogP contribution in [0, 0.1) is 6.92 Å². The number of carbonyl (C=O) groups is 1. The van der Waals surface area contributed by atoms with Crippen molar-refractivity contribution in [2.45, 2.75) is 32.7 Å². The van der Waals surface area contributed by atoms with E-state index in [1.54, 1.807) is 4.40 Å². The smallest absolute Gasteiger partial charge is 0.270 e. The van der Waals surface area contributed by atoms with Crippen LogP contribution >= 0.6 is 0 Å². The molecule has 3 aromatic heterocycles. The highest BCUT2D eigenvalue weighted by molar-refractivity contribution is 5.94. The van der Waals surface area contributed by atoms with Crippen molar-refractivity contribution in [1.29, 1.82) is 0 Å². The maximum Gasteiger partial charge on any atom is 0.270 e. The van der Waals surface area contributed by atoms with Gasteiger partial charge in [-0.3, -0.25) is 9.20 Å². The van der Waals surface area contributed by atoms with E-state index in [1.165, 1.54) is 6.42 Å². The molecule has 1 aliphatic heterocycles. The Balaban J connectivity index is 1.56. The molecule has 1 amide bonds. The van der Waals surface area contributed by atoms with Crippen LogP contribution in [-0.2, 0) is 6.54 Å². The first kappa shape index (κ1) is 19.1. The largest absolute Gasteiger partial charge is 0.347 e. The second kappa shape index (κ2) is 8.02. The van der Waals surface area contributed by atoms with Crippen LogP contribution in [0.25, 0.3) is 5.65 Å². The number of imidazole rings is 1. The van der Waals surface area contributed by atoms with E-state index in [4.69, 9.17) is 0 Å². The maximum atomic E-state index is 12.9. The van der Waals surface area contributed by atoms with E-state index in [-0.39, 0.29) is 12.5 Å². The Kier molecular flexibility index (Phi) is 5.28. The van der Waals surface area contributed by atoms with E-state index in [1.807, 2.05) is 50.3 Å². The van der Waals surface area contributed by atoms with Crippen LogP contribution in [0.2, 0.25) is 0 Å². The number of aromatic nitrogens is 5. The Bertz CT molecular complexity index is 1020. The van der Waals surface area contributed by atoms with Crippen LogP contribution in [0.4, 0.5) is 11.9 Å². The molecule has 0 saturated carbocycles. The Morgan fingerprint density at radius 1 is 1.10 bits per heavy atom. The minimum Gasteiger partial charge on any atom is -0.347 e. The van der Waals surface area contributed by atoms with Gasteiger partial charge in [-0.05, 0) is 38.3 Å². The molecule has 29 heavy (non-hydrogen) atoms. The average Bonchev–Trinajstić information content (AvgIpc) is 3.08. The molecule has 3 aromatic rings. The molecule has 0 atom stereocenters. The molecule has 1 saturated heterocycles. The van der Waals surface area contributed by atoms with Crippen molar-refractivity contribution in [3.05, 3.63) is 41.6 Å². The predicted octanol–water partition coefficient (Wildman–Crippen LogP) is 1.81. The van der Waals surface area contributed by atoms with E-state index in [0.717, 1.165) is 31.6 Å². The second-order valence-electron chi connectivity index (χ2n) is 7.45. The van der Waals surface area contributed by atoms with E-state index in [9.17, 15) is 4.79 Å². The highest BCUT2D eigenvalue weighted by Gasteiger charge is 2.19. The van der Waals surface area contributed by atoms with Crippen molar-refractivity contribution < 1.29 is 4.79 Å². The van der Waals surface area contributed by atoms with Crippen molar-refractivity contribution in [1.82, 2.24) is 29.7 Å². The minimum atomic E-state index is -0.201. The van der Waals surface area contributed by atoms with Gasteiger partial charge in [0, 0.05) is 33.4 Å². The zero-order valence-electron chi connectivity index (χ0n) is 17.1. The van der Waals surface area contributed by atoms with Crippen molar-refractivity contribution in [2.75, 3.05) is 37.0 Å². The molecule has 0 aliphatic carbocycles. The summed E-state index contributed by atoms with van der Waals surface area (Å²) in [5.74, 6) is 1.62. The van der Waals surface area contributed by atoms with Gasteiger partial charge in [-0.2, -0.15) is 15.0 Å². The third-order valence-electron chi connectivity index (χ3n) is 5.02. The molecule has 0 bridgehead atoms. The molecule has 0 aromatic carbocycles. The van der Waals surface area contributed by atoms with Crippen molar-refractivity contribution in [3.8, 4) is 0 Å². The SMILES string of the molecule is Cc1nc2ccccn2c1C(=O)NCc1nc(N(C)C)nc(N2CCCCC2)n1. The maximum absolute atomic E-state index is 12.9. The first-order valence-electron chi connectivity index (χ1n) is 9.92.